The second-order valence-corrected chi connectivity index (χ2v) is 4.71. The monoisotopic (exact) mass is 275 g/mol. The van der Waals surface area contributed by atoms with Crippen LogP contribution in [0.25, 0.3) is 10.9 Å². The van der Waals surface area contributed by atoms with Gasteiger partial charge in [0.05, 0.1) is 13.7 Å². The van der Waals surface area contributed by atoms with Crippen LogP contribution in [0.3, 0.4) is 0 Å². The summed E-state index contributed by atoms with van der Waals surface area (Å²) in [5, 5.41) is 1.04. The standard InChI is InChI=1S/C16H21NO3/c1-4-6-7-12-13-10-11(19-3)8-9-14(13)17-15(12)16(18)20-5-2/h8-10,17H,4-7H2,1-3H3. The number of aryl methyl sites for hydroxylation is 1. The number of benzene rings is 1. The molecule has 4 heteroatoms. The van der Waals surface area contributed by atoms with E-state index in [1.807, 2.05) is 25.1 Å². The van der Waals surface area contributed by atoms with Crippen LogP contribution in [0.1, 0.15) is 42.7 Å². The summed E-state index contributed by atoms with van der Waals surface area (Å²) < 4.78 is 10.4. The fourth-order valence-electron chi connectivity index (χ4n) is 2.34. The number of aromatic nitrogens is 1. The zero-order valence-electron chi connectivity index (χ0n) is 12.3. The van der Waals surface area contributed by atoms with Crippen molar-refractivity contribution in [3.63, 3.8) is 0 Å². The van der Waals surface area contributed by atoms with E-state index in [0.29, 0.717) is 12.3 Å². The number of carbonyl (C=O) groups is 1. The Hall–Kier alpha value is -1.97. The topological polar surface area (TPSA) is 51.3 Å². The molecule has 0 saturated heterocycles. The predicted octanol–water partition coefficient (Wildman–Crippen LogP) is 3.70. The van der Waals surface area contributed by atoms with Crippen LogP contribution >= 0.6 is 0 Å². The van der Waals surface area contributed by atoms with E-state index in [0.717, 1.165) is 41.5 Å². The Morgan fingerprint density at radius 1 is 1.30 bits per heavy atom. The van der Waals surface area contributed by atoms with E-state index >= 15 is 0 Å². The lowest BCUT2D eigenvalue weighted by atomic mass is 10.0. The number of carbonyl (C=O) groups excluding carboxylic acids is 1. The molecule has 2 aromatic rings. The lowest BCUT2D eigenvalue weighted by Gasteiger charge is -2.04. The zero-order valence-corrected chi connectivity index (χ0v) is 12.3. The fourth-order valence-corrected chi connectivity index (χ4v) is 2.34. The number of methoxy groups -OCH3 is 1. The summed E-state index contributed by atoms with van der Waals surface area (Å²) in [4.78, 5) is 15.2. The molecule has 0 amide bonds. The van der Waals surface area contributed by atoms with Crippen LogP contribution in [0.4, 0.5) is 0 Å². The zero-order chi connectivity index (χ0) is 14.5. The number of fused-ring (bicyclic) bond motifs is 1. The third-order valence-corrected chi connectivity index (χ3v) is 3.37. The van der Waals surface area contributed by atoms with E-state index in [4.69, 9.17) is 9.47 Å². The highest BCUT2D eigenvalue weighted by Gasteiger charge is 2.18. The average molecular weight is 275 g/mol. The highest BCUT2D eigenvalue weighted by Crippen LogP contribution is 2.28. The maximum absolute atomic E-state index is 12.1. The van der Waals surface area contributed by atoms with Gasteiger partial charge in [-0.3, -0.25) is 0 Å². The predicted molar refractivity (Wildman–Crippen MR) is 79.4 cm³/mol. The van der Waals surface area contributed by atoms with Crippen molar-refractivity contribution in [3.05, 3.63) is 29.5 Å². The minimum Gasteiger partial charge on any atom is -0.497 e. The number of hydrogen-bond acceptors (Lipinski definition) is 3. The molecule has 0 spiro atoms. The molecule has 0 unspecified atom stereocenters. The largest absolute Gasteiger partial charge is 0.497 e. The van der Waals surface area contributed by atoms with Crippen molar-refractivity contribution in [2.45, 2.75) is 33.1 Å². The minimum absolute atomic E-state index is 0.284. The number of esters is 1. The summed E-state index contributed by atoms with van der Waals surface area (Å²) >= 11 is 0. The van der Waals surface area contributed by atoms with Crippen LogP contribution in [0.5, 0.6) is 5.75 Å². The number of unbranched alkanes of at least 4 members (excludes halogenated alkanes) is 1. The smallest absolute Gasteiger partial charge is 0.355 e. The Balaban J connectivity index is 2.51. The molecular weight excluding hydrogens is 254 g/mol. The Labute approximate surface area is 119 Å². The normalized spacial score (nSPS) is 10.8. The van der Waals surface area contributed by atoms with Gasteiger partial charge in [0.1, 0.15) is 11.4 Å². The summed E-state index contributed by atoms with van der Waals surface area (Å²) in [6, 6.07) is 5.79. The van der Waals surface area contributed by atoms with Crippen LogP contribution in [-0.2, 0) is 11.2 Å². The Kier molecular flexibility index (Phi) is 4.66. The van der Waals surface area contributed by atoms with Crippen LogP contribution in [-0.4, -0.2) is 24.7 Å². The Morgan fingerprint density at radius 2 is 2.10 bits per heavy atom. The molecule has 0 aliphatic rings. The molecule has 0 saturated carbocycles. The first-order chi connectivity index (χ1) is 9.71. The number of rotatable bonds is 6. The van der Waals surface area contributed by atoms with Crippen molar-refractivity contribution in [1.29, 1.82) is 0 Å². The Bertz CT molecular complexity index is 601. The number of hydrogen-bond donors (Lipinski definition) is 1. The van der Waals surface area contributed by atoms with Gasteiger partial charge in [0.2, 0.25) is 0 Å². The molecule has 0 fully saturated rings. The lowest BCUT2D eigenvalue weighted by molar-refractivity contribution is 0.0519. The summed E-state index contributed by atoms with van der Waals surface area (Å²) in [6.45, 7) is 4.33. The molecule has 1 N–H and O–H groups in total. The number of H-pyrrole nitrogens is 1. The first-order valence-corrected chi connectivity index (χ1v) is 7.07. The molecule has 1 aromatic heterocycles. The molecule has 0 bridgehead atoms. The van der Waals surface area contributed by atoms with Crippen LogP contribution in [0, 0.1) is 0 Å². The van der Waals surface area contributed by atoms with Crippen LogP contribution < -0.4 is 4.74 Å². The maximum Gasteiger partial charge on any atom is 0.355 e. The van der Waals surface area contributed by atoms with E-state index in [2.05, 4.69) is 11.9 Å². The summed E-state index contributed by atoms with van der Waals surface area (Å²) in [6.07, 6.45) is 2.98. The molecule has 4 nitrogen and oxygen atoms in total. The number of nitrogens with one attached hydrogen (secondary N) is 1. The minimum atomic E-state index is -0.284. The van der Waals surface area contributed by atoms with E-state index in [1.54, 1.807) is 7.11 Å². The second-order valence-electron chi connectivity index (χ2n) is 4.71. The van der Waals surface area contributed by atoms with Crippen molar-refractivity contribution >= 4 is 16.9 Å². The molecular formula is C16H21NO3. The van der Waals surface area contributed by atoms with Gasteiger partial charge in [-0.1, -0.05) is 13.3 Å². The highest BCUT2D eigenvalue weighted by atomic mass is 16.5. The first-order valence-electron chi connectivity index (χ1n) is 7.07. The van der Waals surface area contributed by atoms with Gasteiger partial charge in [-0.2, -0.15) is 0 Å². The maximum atomic E-state index is 12.1. The second kappa shape index (κ2) is 6.46. The third kappa shape index (κ3) is 2.79. The molecule has 108 valence electrons. The van der Waals surface area contributed by atoms with Crippen LogP contribution in [0.2, 0.25) is 0 Å². The van der Waals surface area contributed by atoms with Gasteiger partial charge in [0, 0.05) is 10.9 Å². The van der Waals surface area contributed by atoms with Crippen molar-refractivity contribution in [2.24, 2.45) is 0 Å². The van der Waals surface area contributed by atoms with Gasteiger partial charge in [-0.25, -0.2) is 4.79 Å². The molecule has 0 atom stereocenters. The Morgan fingerprint density at radius 3 is 2.75 bits per heavy atom. The fraction of sp³-hybridized carbons (Fsp3) is 0.438. The van der Waals surface area contributed by atoms with Gasteiger partial charge >= 0.3 is 5.97 Å². The summed E-state index contributed by atoms with van der Waals surface area (Å²) in [7, 11) is 1.64. The number of aromatic amines is 1. The van der Waals surface area contributed by atoms with Crippen molar-refractivity contribution < 1.29 is 14.3 Å². The average Bonchev–Trinajstić information content (AvgIpc) is 2.83. The third-order valence-electron chi connectivity index (χ3n) is 3.37. The molecule has 1 heterocycles. The van der Waals surface area contributed by atoms with E-state index < -0.39 is 0 Å². The highest BCUT2D eigenvalue weighted by molar-refractivity contribution is 5.98. The van der Waals surface area contributed by atoms with Crippen molar-refractivity contribution in [1.82, 2.24) is 4.98 Å². The van der Waals surface area contributed by atoms with Crippen LogP contribution in [0.15, 0.2) is 18.2 Å². The first kappa shape index (κ1) is 14.4. The SMILES string of the molecule is CCCCc1c(C(=O)OCC)[nH]c2ccc(OC)cc12. The van der Waals surface area contributed by atoms with Crippen molar-refractivity contribution in [2.75, 3.05) is 13.7 Å². The van der Waals surface area contributed by atoms with Gasteiger partial charge in [-0.05, 0) is 43.5 Å². The number of ether oxygens (including phenoxy) is 2. The molecule has 2 rings (SSSR count). The molecule has 0 radical (unpaired) electrons. The molecule has 1 aromatic carbocycles. The molecule has 20 heavy (non-hydrogen) atoms. The quantitative estimate of drug-likeness (QED) is 0.818. The van der Waals surface area contributed by atoms with Gasteiger partial charge < -0.3 is 14.5 Å². The summed E-state index contributed by atoms with van der Waals surface area (Å²) in [5.41, 5.74) is 2.54. The van der Waals surface area contributed by atoms with Gasteiger partial charge in [-0.15, -0.1) is 0 Å². The summed E-state index contributed by atoms with van der Waals surface area (Å²) in [5.74, 6) is 0.512. The van der Waals surface area contributed by atoms with E-state index in [9.17, 15) is 4.79 Å². The molecule has 0 aliphatic heterocycles. The van der Waals surface area contributed by atoms with Gasteiger partial charge in [0.25, 0.3) is 0 Å². The van der Waals surface area contributed by atoms with E-state index in [-0.39, 0.29) is 5.97 Å². The molecule has 0 aliphatic carbocycles. The van der Waals surface area contributed by atoms with Crippen molar-refractivity contribution in [3.8, 4) is 5.75 Å². The lowest BCUT2D eigenvalue weighted by Crippen LogP contribution is -2.07. The van der Waals surface area contributed by atoms with Gasteiger partial charge in [0.15, 0.2) is 0 Å². The van der Waals surface area contributed by atoms with E-state index in [1.165, 1.54) is 0 Å².